The fraction of sp³-hybridized carbons (Fsp3) is 0.300. The van der Waals surface area contributed by atoms with Gasteiger partial charge in [0.05, 0.1) is 10.9 Å². The van der Waals surface area contributed by atoms with Gasteiger partial charge in [-0.1, -0.05) is 6.07 Å². The minimum absolute atomic E-state index is 0.149. The van der Waals surface area contributed by atoms with Crippen molar-refractivity contribution in [2.24, 2.45) is 0 Å². The Balaban J connectivity index is 2.15. The molecule has 0 spiro atoms. The first-order chi connectivity index (χ1) is 7.74. The van der Waals surface area contributed by atoms with Gasteiger partial charge in [0.1, 0.15) is 6.42 Å². The standard InChI is InChI=1S/C10H11N3O2S/c11-4-3-9(14)12-5-6-13-10(15)8-2-1-7-16-8/h1-2,7H,3,5-6H2,(H,12,14)(H,13,15). The van der Waals surface area contributed by atoms with Crippen LogP contribution < -0.4 is 10.6 Å². The number of nitrogens with zero attached hydrogens (tertiary/aromatic N) is 1. The van der Waals surface area contributed by atoms with E-state index in [0.29, 0.717) is 18.0 Å². The Morgan fingerprint density at radius 3 is 2.75 bits per heavy atom. The van der Waals surface area contributed by atoms with Crippen molar-refractivity contribution in [3.8, 4) is 6.07 Å². The average molecular weight is 237 g/mol. The third-order valence-electron chi connectivity index (χ3n) is 1.72. The number of rotatable bonds is 5. The van der Waals surface area contributed by atoms with Crippen molar-refractivity contribution >= 4 is 23.2 Å². The van der Waals surface area contributed by atoms with Gasteiger partial charge < -0.3 is 10.6 Å². The minimum Gasteiger partial charge on any atom is -0.353 e. The summed E-state index contributed by atoms with van der Waals surface area (Å²) in [7, 11) is 0. The molecule has 2 N–H and O–H groups in total. The van der Waals surface area contributed by atoms with Crippen molar-refractivity contribution < 1.29 is 9.59 Å². The summed E-state index contributed by atoms with van der Waals surface area (Å²) in [6, 6.07) is 5.27. The first kappa shape index (κ1) is 12.2. The number of nitriles is 1. The molecule has 6 heteroatoms. The molecule has 1 heterocycles. The molecule has 0 fully saturated rings. The molecule has 0 atom stereocenters. The number of thiophene rings is 1. The highest BCUT2D eigenvalue weighted by molar-refractivity contribution is 7.12. The Labute approximate surface area is 97.1 Å². The summed E-state index contributed by atoms with van der Waals surface area (Å²) in [5, 5.41) is 15.2. The molecule has 2 amide bonds. The molecule has 16 heavy (non-hydrogen) atoms. The lowest BCUT2D eigenvalue weighted by molar-refractivity contribution is -0.120. The number of hydrogen-bond donors (Lipinski definition) is 2. The topological polar surface area (TPSA) is 82.0 Å². The van der Waals surface area contributed by atoms with Gasteiger partial charge in [0.15, 0.2) is 0 Å². The van der Waals surface area contributed by atoms with Crippen LogP contribution in [-0.2, 0) is 4.79 Å². The molecule has 1 rings (SSSR count). The maximum Gasteiger partial charge on any atom is 0.261 e. The van der Waals surface area contributed by atoms with Gasteiger partial charge in [0, 0.05) is 13.1 Å². The summed E-state index contributed by atoms with van der Waals surface area (Å²) < 4.78 is 0. The van der Waals surface area contributed by atoms with E-state index in [9.17, 15) is 9.59 Å². The van der Waals surface area contributed by atoms with Gasteiger partial charge in [-0.3, -0.25) is 9.59 Å². The van der Waals surface area contributed by atoms with E-state index in [1.807, 2.05) is 5.38 Å². The van der Waals surface area contributed by atoms with Gasteiger partial charge in [0.2, 0.25) is 5.91 Å². The lowest BCUT2D eigenvalue weighted by Gasteiger charge is -2.04. The van der Waals surface area contributed by atoms with Crippen LogP contribution in [0.2, 0.25) is 0 Å². The molecule has 0 aromatic carbocycles. The van der Waals surface area contributed by atoms with E-state index in [2.05, 4.69) is 10.6 Å². The number of amides is 2. The van der Waals surface area contributed by atoms with Crippen LogP contribution in [0.5, 0.6) is 0 Å². The zero-order valence-corrected chi connectivity index (χ0v) is 9.34. The molecule has 0 radical (unpaired) electrons. The van der Waals surface area contributed by atoms with Gasteiger partial charge in [-0.2, -0.15) is 5.26 Å². The van der Waals surface area contributed by atoms with E-state index in [-0.39, 0.29) is 18.2 Å². The quantitative estimate of drug-likeness (QED) is 0.732. The van der Waals surface area contributed by atoms with E-state index in [4.69, 9.17) is 5.26 Å². The smallest absolute Gasteiger partial charge is 0.261 e. The zero-order chi connectivity index (χ0) is 11.8. The molecule has 0 bridgehead atoms. The first-order valence-electron chi connectivity index (χ1n) is 4.69. The molecular formula is C10H11N3O2S. The fourth-order valence-electron chi connectivity index (χ4n) is 1.01. The summed E-state index contributed by atoms with van der Waals surface area (Å²) in [6.45, 7) is 0.686. The van der Waals surface area contributed by atoms with E-state index in [1.54, 1.807) is 18.2 Å². The van der Waals surface area contributed by atoms with Crippen molar-refractivity contribution in [2.45, 2.75) is 6.42 Å². The minimum atomic E-state index is -0.326. The van der Waals surface area contributed by atoms with E-state index in [0.717, 1.165) is 0 Å². The summed E-state index contributed by atoms with van der Waals surface area (Å²) in [4.78, 5) is 22.9. The fourth-order valence-corrected chi connectivity index (χ4v) is 1.65. The Morgan fingerprint density at radius 1 is 1.38 bits per heavy atom. The molecule has 0 saturated carbocycles. The second kappa shape index (κ2) is 6.58. The van der Waals surface area contributed by atoms with Crippen LogP contribution in [0.15, 0.2) is 17.5 Å². The highest BCUT2D eigenvalue weighted by atomic mass is 32.1. The highest BCUT2D eigenvalue weighted by Crippen LogP contribution is 2.07. The van der Waals surface area contributed by atoms with Crippen LogP contribution in [0.4, 0.5) is 0 Å². The molecule has 84 valence electrons. The number of nitrogens with one attached hydrogen (secondary N) is 2. The van der Waals surface area contributed by atoms with Crippen molar-refractivity contribution in [3.63, 3.8) is 0 Å². The van der Waals surface area contributed by atoms with Crippen LogP contribution >= 0.6 is 11.3 Å². The van der Waals surface area contributed by atoms with Gasteiger partial charge >= 0.3 is 0 Å². The monoisotopic (exact) mass is 237 g/mol. The van der Waals surface area contributed by atoms with Crippen LogP contribution in [0.1, 0.15) is 16.1 Å². The molecule has 0 aliphatic carbocycles. The third-order valence-corrected chi connectivity index (χ3v) is 2.59. The lowest BCUT2D eigenvalue weighted by Crippen LogP contribution is -2.34. The highest BCUT2D eigenvalue weighted by Gasteiger charge is 2.05. The van der Waals surface area contributed by atoms with Crippen LogP contribution in [0, 0.1) is 11.3 Å². The molecule has 0 aliphatic rings. The maximum absolute atomic E-state index is 11.4. The number of carbonyl (C=O) groups is 2. The van der Waals surface area contributed by atoms with Crippen molar-refractivity contribution in [3.05, 3.63) is 22.4 Å². The van der Waals surface area contributed by atoms with Crippen LogP contribution in [0.3, 0.4) is 0 Å². The molecule has 0 aliphatic heterocycles. The molecule has 0 saturated heterocycles. The van der Waals surface area contributed by atoms with Gasteiger partial charge in [-0.25, -0.2) is 0 Å². The summed E-state index contributed by atoms with van der Waals surface area (Å²) in [5.74, 6) is -0.475. The van der Waals surface area contributed by atoms with Crippen molar-refractivity contribution in [1.82, 2.24) is 10.6 Å². The Hall–Kier alpha value is -1.87. The summed E-state index contributed by atoms with van der Waals surface area (Å²) >= 11 is 1.36. The van der Waals surface area contributed by atoms with Crippen LogP contribution in [-0.4, -0.2) is 24.9 Å². The molecule has 1 aromatic heterocycles. The average Bonchev–Trinajstić information content (AvgIpc) is 2.78. The molecule has 1 aromatic rings. The van der Waals surface area contributed by atoms with Gasteiger partial charge in [-0.15, -0.1) is 11.3 Å². The van der Waals surface area contributed by atoms with E-state index < -0.39 is 0 Å². The van der Waals surface area contributed by atoms with Crippen molar-refractivity contribution in [2.75, 3.05) is 13.1 Å². The number of carbonyl (C=O) groups excluding carboxylic acids is 2. The maximum atomic E-state index is 11.4. The van der Waals surface area contributed by atoms with E-state index in [1.165, 1.54) is 11.3 Å². The Morgan fingerprint density at radius 2 is 2.12 bits per heavy atom. The van der Waals surface area contributed by atoms with E-state index >= 15 is 0 Å². The zero-order valence-electron chi connectivity index (χ0n) is 8.53. The largest absolute Gasteiger partial charge is 0.353 e. The Bertz CT molecular complexity index is 395. The SMILES string of the molecule is N#CCC(=O)NCCNC(=O)c1cccs1. The van der Waals surface area contributed by atoms with Crippen LogP contribution in [0.25, 0.3) is 0 Å². The number of hydrogen-bond acceptors (Lipinski definition) is 4. The molecule has 5 nitrogen and oxygen atoms in total. The second-order valence-electron chi connectivity index (χ2n) is 2.92. The second-order valence-corrected chi connectivity index (χ2v) is 3.87. The molecule has 0 unspecified atom stereocenters. The lowest BCUT2D eigenvalue weighted by atomic mass is 10.4. The van der Waals surface area contributed by atoms with Gasteiger partial charge in [-0.05, 0) is 11.4 Å². The Kier molecular flexibility index (Phi) is 5.02. The van der Waals surface area contributed by atoms with Gasteiger partial charge in [0.25, 0.3) is 5.91 Å². The predicted molar refractivity (Wildman–Crippen MR) is 59.9 cm³/mol. The third kappa shape index (κ3) is 4.11. The predicted octanol–water partition coefficient (Wildman–Crippen LogP) is 0.508. The molecular weight excluding hydrogens is 226 g/mol. The normalized spacial score (nSPS) is 9.19. The summed E-state index contributed by atoms with van der Waals surface area (Å²) in [6.07, 6.45) is -0.154. The first-order valence-corrected chi connectivity index (χ1v) is 5.57. The van der Waals surface area contributed by atoms with Crippen molar-refractivity contribution in [1.29, 1.82) is 5.26 Å². The summed E-state index contributed by atoms with van der Waals surface area (Å²) in [5.41, 5.74) is 0.